The summed E-state index contributed by atoms with van der Waals surface area (Å²) in [6.07, 6.45) is 2.95. The van der Waals surface area contributed by atoms with Crippen LogP contribution in [0.15, 0.2) is 48.5 Å². The lowest BCUT2D eigenvalue weighted by Crippen LogP contribution is -2.51. The number of imide groups is 1. The van der Waals surface area contributed by atoms with Crippen molar-refractivity contribution in [2.45, 2.75) is 37.5 Å². The Hall–Kier alpha value is -3.39. The lowest BCUT2D eigenvalue weighted by molar-refractivity contribution is -0.135. The number of piperidine rings is 2. The van der Waals surface area contributed by atoms with Crippen molar-refractivity contribution in [2.75, 3.05) is 56.4 Å². The van der Waals surface area contributed by atoms with E-state index in [1.165, 1.54) is 5.56 Å². The first-order valence-electron chi connectivity index (χ1n) is 13.0. The van der Waals surface area contributed by atoms with Crippen molar-refractivity contribution in [2.24, 2.45) is 0 Å². The van der Waals surface area contributed by atoms with E-state index in [-0.39, 0.29) is 23.6 Å². The Kier molecular flexibility index (Phi) is 7.23. The van der Waals surface area contributed by atoms with Crippen LogP contribution in [0.1, 0.15) is 48.6 Å². The van der Waals surface area contributed by atoms with Crippen LogP contribution in [0.2, 0.25) is 0 Å². The number of carbonyl (C=O) groups excluding carboxylic acids is 3. The molecule has 3 aliphatic rings. The standard InChI is InChI=1S/C28H35N5O3/c29-23-5-1-20(2-6-23)21-11-13-33(14-12-21)27(35)19-31-15-17-32(18-16-31)24-7-3-22(4-8-24)25-9-10-26(34)30-28(25)36/h1-8,21,25H,9-19,29H2,(H,30,34,36). The van der Waals surface area contributed by atoms with Gasteiger partial charge in [-0.3, -0.25) is 24.6 Å². The van der Waals surface area contributed by atoms with E-state index in [1.807, 2.05) is 29.2 Å². The molecule has 3 saturated heterocycles. The molecule has 1 unspecified atom stereocenters. The van der Waals surface area contributed by atoms with E-state index in [4.69, 9.17) is 5.73 Å². The average Bonchev–Trinajstić information content (AvgIpc) is 2.90. The second-order valence-electron chi connectivity index (χ2n) is 10.2. The number of carbonyl (C=O) groups is 3. The third-order valence-corrected chi connectivity index (χ3v) is 7.89. The molecule has 0 aliphatic carbocycles. The molecular weight excluding hydrogens is 454 g/mol. The van der Waals surface area contributed by atoms with Crippen LogP contribution in [-0.2, 0) is 14.4 Å². The summed E-state index contributed by atoms with van der Waals surface area (Å²) in [5.74, 6) is 0.0853. The first kappa shape index (κ1) is 24.3. The summed E-state index contributed by atoms with van der Waals surface area (Å²) in [5.41, 5.74) is 9.99. The monoisotopic (exact) mass is 489 g/mol. The van der Waals surface area contributed by atoms with E-state index in [9.17, 15) is 14.4 Å². The van der Waals surface area contributed by atoms with Gasteiger partial charge >= 0.3 is 0 Å². The molecule has 0 saturated carbocycles. The fourth-order valence-corrected chi connectivity index (χ4v) is 5.61. The van der Waals surface area contributed by atoms with Crippen molar-refractivity contribution in [1.29, 1.82) is 0 Å². The summed E-state index contributed by atoms with van der Waals surface area (Å²) in [4.78, 5) is 43.1. The SMILES string of the molecule is Nc1ccc(C2CCN(C(=O)CN3CCN(c4ccc(C5CCC(=O)NC5=O)cc4)CC3)CC2)cc1. The number of anilines is 2. The van der Waals surface area contributed by atoms with Gasteiger partial charge in [-0.2, -0.15) is 0 Å². The quantitative estimate of drug-likeness (QED) is 0.494. The predicted molar refractivity (Wildman–Crippen MR) is 140 cm³/mol. The number of piperazine rings is 1. The Labute approximate surface area is 212 Å². The Morgan fingerprint density at radius 2 is 1.47 bits per heavy atom. The minimum absolute atomic E-state index is 0.188. The number of nitrogens with one attached hydrogen (secondary N) is 1. The second-order valence-corrected chi connectivity index (χ2v) is 10.2. The maximum Gasteiger partial charge on any atom is 0.236 e. The molecule has 3 N–H and O–H groups in total. The van der Waals surface area contributed by atoms with Gasteiger partial charge in [-0.05, 0) is 60.6 Å². The minimum Gasteiger partial charge on any atom is -0.399 e. The highest BCUT2D eigenvalue weighted by molar-refractivity contribution is 6.00. The highest BCUT2D eigenvalue weighted by Crippen LogP contribution is 2.29. The molecule has 2 aromatic carbocycles. The van der Waals surface area contributed by atoms with Gasteiger partial charge in [0.2, 0.25) is 17.7 Å². The normalized spacial score (nSPS) is 21.9. The molecule has 3 fully saturated rings. The molecule has 0 aromatic heterocycles. The molecule has 36 heavy (non-hydrogen) atoms. The number of amides is 3. The van der Waals surface area contributed by atoms with Crippen molar-refractivity contribution < 1.29 is 14.4 Å². The van der Waals surface area contributed by atoms with Crippen LogP contribution in [0.25, 0.3) is 0 Å². The van der Waals surface area contributed by atoms with Gasteiger partial charge < -0.3 is 15.5 Å². The van der Waals surface area contributed by atoms with Gasteiger partial charge in [0.1, 0.15) is 0 Å². The topological polar surface area (TPSA) is 99.0 Å². The predicted octanol–water partition coefficient (Wildman–Crippen LogP) is 2.32. The maximum absolute atomic E-state index is 12.9. The first-order chi connectivity index (χ1) is 17.5. The van der Waals surface area contributed by atoms with Gasteiger partial charge in [-0.15, -0.1) is 0 Å². The summed E-state index contributed by atoms with van der Waals surface area (Å²) < 4.78 is 0. The van der Waals surface area contributed by atoms with Crippen LogP contribution in [0.4, 0.5) is 11.4 Å². The lowest BCUT2D eigenvalue weighted by atomic mass is 9.89. The lowest BCUT2D eigenvalue weighted by Gasteiger charge is -2.38. The number of nitrogens with zero attached hydrogens (tertiary/aromatic N) is 3. The van der Waals surface area contributed by atoms with Crippen molar-refractivity contribution in [3.05, 3.63) is 59.7 Å². The molecule has 0 radical (unpaired) electrons. The number of benzene rings is 2. The van der Waals surface area contributed by atoms with E-state index in [2.05, 4.69) is 39.4 Å². The molecule has 8 nitrogen and oxygen atoms in total. The van der Waals surface area contributed by atoms with Crippen molar-refractivity contribution >= 4 is 29.1 Å². The maximum atomic E-state index is 12.9. The van der Waals surface area contributed by atoms with E-state index in [0.717, 1.165) is 69.0 Å². The molecule has 5 rings (SSSR count). The minimum atomic E-state index is -0.254. The summed E-state index contributed by atoms with van der Waals surface area (Å²) >= 11 is 0. The largest absolute Gasteiger partial charge is 0.399 e. The Bertz CT molecular complexity index is 1090. The second kappa shape index (κ2) is 10.7. The van der Waals surface area contributed by atoms with Crippen molar-refractivity contribution in [3.8, 4) is 0 Å². The van der Waals surface area contributed by atoms with Gasteiger partial charge in [0, 0.05) is 57.1 Å². The molecule has 1 atom stereocenters. The molecule has 0 bridgehead atoms. The molecule has 190 valence electrons. The molecular formula is C28H35N5O3. The van der Waals surface area contributed by atoms with Gasteiger partial charge in [-0.1, -0.05) is 24.3 Å². The van der Waals surface area contributed by atoms with Crippen LogP contribution in [0.3, 0.4) is 0 Å². The summed E-state index contributed by atoms with van der Waals surface area (Å²) in [6.45, 7) is 5.54. The fourth-order valence-electron chi connectivity index (χ4n) is 5.61. The Morgan fingerprint density at radius 1 is 0.833 bits per heavy atom. The number of hydrogen-bond acceptors (Lipinski definition) is 6. The van der Waals surface area contributed by atoms with E-state index in [0.29, 0.717) is 25.3 Å². The zero-order chi connectivity index (χ0) is 25.1. The Morgan fingerprint density at radius 3 is 2.11 bits per heavy atom. The van der Waals surface area contributed by atoms with Crippen LogP contribution in [0.5, 0.6) is 0 Å². The average molecular weight is 490 g/mol. The summed E-state index contributed by atoms with van der Waals surface area (Å²) in [5, 5.41) is 2.43. The molecule has 3 heterocycles. The highest BCUT2D eigenvalue weighted by atomic mass is 16.2. The number of nitrogen functional groups attached to an aromatic ring is 1. The number of likely N-dealkylation sites (tertiary alicyclic amines) is 1. The van der Waals surface area contributed by atoms with Crippen molar-refractivity contribution in [1.82, 2.24) is 15.1 Å². The highest BCUT2D eigenvalue weighted by Gasteiger charge is 2.29. The van der Waals surface area contributed by atoms with E-state index < -0.39 is 0 Å². The summed E-state index contributed by atoms with van der Waals surface area (Å²) in [6, 6.07) is 16.3. The molecule has 3 aliphatic heterocycles. The molecule has 8 heteroatoms. The summed E-state index contributed by atoms with van der Waals surface area (Å²) in [7, 11) is 0. The van der Waals surface area contributed by atoms with Gasteiger partial charge in [0.15, 0.2) is 0 Å². The fraction of sp³-hybridized carbons (Fsp3) is 0.464. The molecule has 0 spiro atoms. The third kappa shape index (κ3) is 5.54. The first-order valence-corrected chi connectivity index (χ1v) is 13.0. The third-order valence-electron chi connectivity index (χ3n) is 7.89. The van der Waals surface area contributed by atoms with Crippen LogP contribution in [-0.4, -0.2) is 73.3 Å². The number of nitrogens with two attached hydrogens (primary N) is 1. The zero-order valence-electron chi connectivity index (χ0n) is 20.7. The van der Waals surface area contributed by atoms with Crippen LogP contribution in [0, 0.1) is 0 Å². The smallest absolute Gasteiger partial charge is 0.236 e. The van der Waals surface area contributed by atoms with Gasteiger partial charge in [0.05, 0.1) is 12.5 Å². The van der Waals surface area contributed by atoms with Gasteiger partial charge in [0.25, 0.3) is 0 Å². The van der Waals surface area contributed by atoms with Crippen LogP contribution >= 0.6 is 0 Å². The van der Waals surface area contributed by atoms with E-state index >= 15 is 0 Å². The number of rotatable bonds is 5. The van der Waals surface area contributed by atoms with Crippen LogP contribution < -0.4 is 16.0 Å². The van der Waals surface area contributed by atoms with E-state index in [1.54, 1.807) is 0 Å². The zero-order valence-corrected chi connectivity index (χ0v) is 20.7. The molecule has 2 aromatic rings. The molecule has 3 amide bonds. The number of hydrogen-bond donors (Lipinski definition) is 2. The van der Waals surface area contributed by atoms with Gasteiger partial charge in [-0.25, -0.2) is 0 Å². The van der Waals surface area contributed by atoms with Crippen molar-refractivity contribution in [3.63, 3.8) is 0 Å². The Balaban J connectivity index is 1.07.